The van der Waals surface area contributed by atoms with Crippen molar-refractivity contribution in [2.24, 2.45) is 0 Å². The first kappa shape index (κ1) is 19.1. The summed E-state index contributed by atoms with van der Waals surface area (Å²) in [5.41, 5.74) is -0.127. The molecule has 0 aliphatic carbocycles. The first-order valence-corrected chi connectivity index (χ1v) is 8.72. The number of hydrogen-bond acceptors (Lipinski definition) is 4. The third-order valence-corrected chi connectivity index (χ3v) is 4.56. The van der Waals surface area contributed by atoms with Gasteiger partial charge in [-0.15, -0.1) is 0 Å². The molecule has 1 fully saturated rings. The van der Waals surface area contributed by atoms with Crippen LogP contribution in [0.2, 0.25) is 0 Å². The van der Waals surface area contributed by atoms with Crippen molar-refractivity contribution in [2.75, 3.05) is 25.1 Å². The Bertz CT molecular complexity index is 847. The van der Waals surface area contributed by atoms with Crippen molar-refractivity contribution in [3.63, 3.8) is 0 Å². The fourth-order valence-electron chi connectivity index (χ4n) is 3.14. The number of aryl methyl sites for hydroxylation is 1. The number of methoxy groups -OCH3 is 1. The largest absolute Gasteiger partial charge is 0.465 e. The number of carbonyl (C=O) groups is 1. The fourth-order valence-corrected chi connectivity index (χ4v) is 3.14. The van der Waals surface area contributed by atoms with E-state index in [1.165, 1.54) is 17.0 Å². The first-order chi connectivity index (χ1) is 12.9. The molecule has 7 heteroatoms. The van der Waals surface area contributed by atoms with E-state index in [0.29, 0.717) is 13.1 Å². The molecule has 0 spiro atoms. The Balaban J connectivity index is 2.15. The highest BCUT2D eigenvalue weighted by molar-refractivity contribution is 5.97. The SMILES string of the molecule is COC(=O)c1c(F)c(F)c(Oc2ccc(C)cc2)c(F)c1N1CCCCC1. The van der Waals surface area contributed by atoms with Gasteiger partial charge in [0.05, 0.1) is 12.8 Å². The molecule has 1 aliphatic heterocycles. The number of ether oxygens (including phenoxy) is 2. The van der Waals surface area contributed by atoms with Gasteiger partial charge in [-0.05, 0) is 38.3 Å². The molecule has 0 aromatic heterocycles. The van der Waals surface area contributed by atoms with Crippen LogP contribution in [-0.2, 0) is 4.74 Å². The molecule has 0 amide bonds. The van der Waals surface area contributed by atoms with Gasteiger partial charge in [-0.1, -0.05) is 17.7 Å². The molecule has 2 aromatic rings. The third kappa shape index (κ3) is 3.72. The Morgan fingerprint density at radius 2 is 1.59 bits per heavy atom. The number of carbonyl (C=O) groups excluding carboxylic acids is 1. The van der Waals surface area contributed by atoms with Gasteiger partial charge in [-0.3, -0.25) is 0 Å². The number of piperidine rings is 1. The van der Waals surface area contributed by atoms with Crippen LogP contribution in [0.5, 0.6) is 11.5 Å². The molecule has 1 aliphatic rings. The van der Waals surface area contributed by atoms with E-state index in [1.54, 1.807) is 12.1 Å². The molecule has 4 nitrogen and oxygen atoms in total. The molecule has 3 rings (SSSR count). The van der Waals surface area contributed by atoms with Crippen LogP contribution in [0.3, 0.4) is 0 Å². The van der Waals surface area contributed by atoms with Crippen molar-refractivity contribution >= 4 is 11.7 Å². The minimum atomic E-state index is -1.56. The molecule has 0 bridgehead atoms. The second-order valence-corrected chi connectivity index (χ2v) is 6.45. The highest BCUT2D eigenvalue weighted by Crippen LogP contribution is 2.40. The summed E-state index contributed by atoms with van der Waals surface area (Å²) in [7, 11) is 1.04. The van der Waals surface area contributed by atoms with E-state index in [4.69, 9.17) is 4.74 Å². The first-order valence-electron chi connectivity index (χ1n) is 8.72. The number of anilines is 1. The smallest absolute Gasteiger partial charge is 0.343 e. The zero-order valence-electron chi connectivity index (χ0n) is 15.2. The van der Waals surface area contributed by atoms with E-state index < -0.39 is 34.7 Å². The van der Waals surface area contributed by atoms with Crippen molar-refractivity contribution < 1.29 is 27.4 Å². The Hall–Kier alpha value is -2.70. The molecule has 1 saturated heterocycles. The maximum Gasteiger partial charge on any atom is 0.343 e. The van der Waals surface area contributed by atoms with Crippen molar-refractivity contribution in [3.05, 3.63) is 52.8 Å². The summed E-state index contributed by atoms with van der Waals surface area (Å²) in [5.74, 6) is -6.00. The molecule has 2 aromatic carbocycles. The molecule has 0 unspecified atom stereocenters. The lowest BCUT2D eigenvalue weighted by Crippen LogP contribution is -2.32. The van der Waals surface area contributed by atoms with E-state index >= 15 is 4.39 Å². The van der Waals surface area contributed by atoms with Crippen LogP contribution in [0.4, 0.5) is 18.9 Å². The van der Waals surface area contributed by atoms with Crippen LogP contribution in [0, 0.1) is 24.4 Å². The predicted octanol–water partition coefficient (Wildman–Crippen LogP) is 4.98. The van der Waals surface area contributed by atoms with Crippen molar-refractivity contribution in [3.8, 4) is 11.5 Å². The minimum Gasteiger partial charge on any atom is -0.465 e. The van der Waals surface area contributed by atoms with Gasteiger partial charge in [-0.2, -0.15) is 4.39 Å². The summed E-state index contributed by atoms with van der Waals surface area (Å²) < 4.78 is 54.4. The summed E-state index contributed by atoms with van der Waals surface area (Å²) in [5, 5.41) is 0. The number of hydrogen-bond donors (Lipinski definition) is 0. The molecule has 0 atom stereocenters. The van der Waals surface area contributed by atoms with Gasteiger partial charge in [0.15, 0.2) is 11.6 Å². The van der Waals surface area contributed by atoms with Gasteiger partial charge in [0.25, 0.3) is 0 Å². The average molecular weight is 379 g/mol. The van der Waals surface area contributed by atoms with E-state index in [-0.39, 0.29) is 11.4 Å². The monoisotopic (exact) mass is 379 g/mol. The van der Waals surface area contributed by atoms with Gasteiger partial charge in [0.1, 0.15) is 11.3 Å². The zero-order chi connectivity index (χ0) is 19.6. The van der Waals surface area contributed by atoms with Crippen molar-refractivity contribution in [1.29, 1.82) is 0 Å². The van der Waals surface area contributed by atoms with Crippen LogP contribution in [0.15, 0.2) is 24.3 Å². The standard InChI is InChI=1S/C20H20F3NO3/c1-12-6-8-13(9-7-12)27-19-16(22)15(21)14(20(25)26-2)18(17(19)23)24-10-4-3-5-11-24/h6-9H,3-5,10-11H2,1-2H3. The quantitative estimate of drug-likeness (QED) is 0.555. The molecule has 0 saturated carbocycles. The fraction of sp³-hybridized carbons (Fsp3) is 0.350. The normalized spacial score (nSPS) is 14.2. The van der Waals surface area contributed by atoms with Gasteiger partial charge < -0.3 is 14.4 Å². The molecular weight excluding hydrogens is 359 g/mol. The molecule has 1 heterocycles. The van der Waals surface area contributed by atoms with Crippen molar-refractivity contribution in [2.45, 2.75) is 26.2 Å². The van der Waals surface area contributed by atoms with Crippen LogP contribution in [0.1, 0.15) is 35.2 Å². The topological polar surface area (TPSA) is 38.8 Å². The molecule has 0 N–H and O–H groups in total. The van der Waals surface area contributed by atoms with E-state index in [9.17, 15) is 13.6 Å². The molecule has 0 radical (unpaired) electrons. The van der Waals surface area contributed by atoms with Crippen LogP contribution >= 0.6 is 0 Å². The van der Waals surface area contributed by atoms with Crippen molar-refractivity contribution in [1.82, 2.24) is 0 Å². The van der Waals surface area contributed by atoms with E-state index in [2.05, 4.69) is 4.74 Å². The summed E-state index contributed by atoms with van der Waals surface area (Å²) >= 11 is 0. The lowest BCUT2D eigenvalue weighted by atomic mass is 10.0. The van der Waals surface area contributed by atoms with Gasteiger partial charge in [-0.25, -0.2) is 13.6 Å². The van der Waals surface area contributed by atoms with E-state index in [1.807, 2.05) is 6.92 Å². The van der Waals surface area contributed by atoms with Crippen LogP contribution in [0.25, 0.3) is 0 Å². The number of nitrogens with zero attached hydrogens (tertiary/aromatic N) is 1. The maximum absolute atomic E-state index is 15.2. The summed E-state index contributed by atoms with van der Waals surface area (Å²) in [6, 6.07) is 6.47. The third-order valence-electron chi connectivity index (χ3n) is 4.56. The zero-order valence-corrected chi connectivity index (χ0v) is 15.2. The second kappa shape index (κ2) is 7.90. The minimum absolute atomic E-state index is 0.160. The van der Waals surface area contributed by atoms with Crippen LogP contribution < -0.4 is 9.64 Å². The molecule has 144 valence electrons. The highest BCUT2D eigenvalue weighted by atomic mass is 19.2. The number of esters is 1. The lowest BCUT2D eigenvalue weighted by molar-refractivity contribution is 0.0594. The number of rotatable bonds is 4. The summed E-state index contributed by atoms with van der Waals surface area (Å²) in [6.45, 7) is 2.70. The summed E-state index contributed by atoms with van der Waals surface area (Å²) in [6.07, 6.45) is 2.46. The predicted molar refractivity (Wildman–Crippen MR) is 95.0 cm³/mol. The maximum atomic E-state index is 15.2. The van der Waals surface area contributed by atoms with E-state index in [0.717, 1.165) is 31.9 Å². The Labute approximate surface area is 155 Å². The average Bonchev–Trinajstić information content (AvgIpc) is 2.69. The molecular formula is C20H20F3NO3. The molecule has 27 heavy (non-hydrogen) atoms. The highest BCUT2D eigenvalue weighted by Gasteiger charge is 2.34. The van der Waals surface area contributed by atoms with Crippen LogP contribution in [-0.4, -0.2) is 26.2 Å². The number of benzene rings is 2. The lowest BCUT2D eigenvalue weighted by Gasteiger charge is -2.31. The Morgan fingerprint density at radius 1 is 0.963 bits per heavy atom. The Kier molecular flexibility index (Phi) is 5.58. The number of halogens is 3. The van der Waals surface area contributed by atoms with Gasteiger partial charge in [0, 0.05) is 13.1 Å². The van der Waals surface area contributed by atoms with Gasteiger partial charge in [0.2, 0.25) is 11.6 Å². The summed E-state index contributed by atoms with van der Waals surface area (Å²) in [4.78, 5) is 13.6. The Morgan fingerprint density at radius 3 is 2.19 bits per heavy atom. The second-order valence-electron chi connectivity index (χ2n) is 6.45. The van der Waals surface area contributed by atoms with Gasteiger partial charge >= 0.3 is 5.97 Å².